The topological polar surface area (TPSA) is 18.8 Å². The van der Waals surface area contributed by atoms with Gasteiger partial charge >= 0.3 is 0 Å². The molecule has 2 aromatic carbocycles. The van der Waals surface area contributed by atoms with Crippen molar-refractivity contribution in [2.75, 3.05) is 31.1 Å². The molecule has 0 saturated carbocycles. The molecule has 1 aliphatic heterocycles. The number of piperazine rings is 1. The second kappa shape index (κ2) is 6.39. The van der Waals surface area contributed by atoms with Gasteiger partial charge < -0.3 is 4.90 Å². The predicted molar refractivity (Wildman–Crippen MR) is 84.2 cm³/mol. The smallest absolute Gasteiger partial charge is 0.132 e. The molecule has 1 aliphatic rings. The summed E-state index contributed by atoms with van der Waals surface area (Å²) in [6, 6.07) is 17.1. The van der Waals surface area contributed by atoms with Crippen molar-refractivity contribution in [1.29, 1.82) is 0 Å². The third-order valence-electron chi connectivity index (χ3n) is 3.64. The van der Waals surface area contributed by atoms with Gasteiger partial charge in [-0.1, -0.05) is 36.4 Å². The molecule has 0 bridgehead atoms. The summed E-state index contributed by atoms with van der Waals surface area (Å²) in [5.41, 5.74) is 1.78. The minimum Gasteiger partial charge on any atom is -0.368 e. The average molecular weight is 283 g/mol. The van der Waals surface area contributed by atoms with E-state index in [4.69, 9.17) is 0 Å². The second-order valence-electron chi connectivity index (χ2n) is 5.04. The lowest BCUT2D eigenvalue weighted by atomic mass is 10.2. The number of hydrazone groups is 1. The molecule has 0 radical (unpaired) electrons. The number of hydrogen-bond acceptors (Lipinski definition) is 3. The Kier molecular flexibility index (Phi) is 4.15. The van der Waals surface area contributed by atoms with Crippen LogP contribution in [-0.2, 0) is 0 Å². The first kappa shape index (κ1) is 13.6. The molecule has 3 rings (SSSR count). The Morgan fingerprint density at radius 3 is 2.24 bits per heavy atom. The van der Waals surface area contributed by atoms with Gasteiger partial charge in [0.15, 0.2) is 0 Å². The molecule has 0 atom stereocenters. The van der Waals surface area contributed by atoms with Gasteiger partial charge in [0.2, 0.25) is 0 Å². The van der Waals surface area contributed by atoms with Gasteiger partial charge in [0.25, 0.3) is 0 Å². The SMILES string of the molecule is Fc1ccccc1C=NN1CCN(c2ccccc2)CC1. The summed E-state index contributed by atoms with van der Waals surface area (Å²) in [4.78, 5) is 2.34. The van der Waals surface area contributed by atoms with Gasteiger partial charge in [-0.15, -0.1) is 0 Å². The van der Waals surface area contributed by atoms with E-state index in [9.17, 15) is 4.39 Å². The highest BCUT2D eigenvalue weighted by Crippen LogP contribution is 2.15. The fourth-order valence-electron chi connectivity index (χ4n) is 2.43. The van der Waals surface area contributed by atoms with Crippen molar-refractivity contribution in [3.63, 3.8) is 0 Å². The van der Waals surface area contributed by atoms with Crippen molar-refractivity contribution in [2.24, 2.45) is 5.10 Å². The Morgan fingerprint density at radius 2 is 1.52 bits per heavy atom. The van der Waals surface area contributed by atoms with Crippen LogP contribution in [-0.4, -0.2) is 37.4 Å². The summed E-state index contributed by atoms with van der Waals surface area (Å²) in [6.45, 7) is 3.55. The number of rotatable bonds is 3. The number of anilines is 1. The van der Waals surface area contributed by atoms with Crippen LogP contribution in [0.3, 0.4) is 0 Å². The fraction of sp³-hybridized carbons (Fsp3) is 0.235. The van der Waals surface area contributed by atoms with Crippen LogP contribution < -0.4 is 4.90 Å². The first-order chi connectivity index (χ1) is 10.3. The van der Waals surface area contributed by atoms with Crippen molar-refractivity contribution in [1.82, 2.24) is 5.01 Å². The summed E-state index contributed by atoms with van der Waals surface area (Å²) in [6.07, 6.45) is 1.60. The molecule has 1 saturated heterocycles. The van der Waals surface area contributed by atoms with E-state index in [0.29, 0.717) is 5.56 Å². The van der Waals surface area contributed by atoms with Crippen molar-refractivity contribution in [2.45, 2.75) is 0 Å². The fourth-order valence-corrected chi connectivity index (χ4v) is 2.43. The van der Waals surface area contributed by atoms with Gasteiger partial charge in [0.1, 0.15) is 5.82 Å². The van der Waals surface area contributed by atoms with Crippen LogP contribution in [0.2, 0.25) is 0 Å². The number of para-hydroxylation sites is 1. The molecule has 2 aromatic rings. The molecule has 21 heavy (non-hydrogen) atoms. The van der Waals surface area contributed by atoms with E-state index in [2.05, 4.69) is 34.3 Å². The summed E-state index contributed by atoms with van der Waals surface area (Å²) >= 11 is 0. The maximum atomic E-state index is 13.5. The van der Waals surface area contributed by atoms with Gasteiger partial charge in [0, 0.05) is 24.3 Å². The van der Waals surface area contributed by atoms with E-state index >= 15 is 0 Å². The highest BCUT2D eigenvalue weighted by atomic mass is 19.1. The molecule has 0 aromatic heterocycles. The van der Waals surface area contributed by atoms with Gasteiger partial charge in [-0.25, -0.2) is 4.39 Å². The lowest BCUT2D eigenvalue weighted by molar-refractivity contribution is 0.272. The zero-order valence-corrected chi connectivity index (χ0v) is 11.8. The predicted octanol–water partition coefficient (Wildman–Crippen LogP) is 2.98. The summed E-state index contributed by atoms with van der Waals surface area (Å²) in [5, 5.41) is 6.38. The van der Waals surface area contributed by atoms with Gasteiger partial charge in [-0.05, 0) is 18.2 Å². The Balaban J connectivity index is 1.58. The van der Waals surface area contributed by atoms with E-state index in [0.717, 1.165) is 26.2 Å². The monoisotopic (exact) mass is 283 g/mol. The highest BCUT2D eigenvalue weighted by molar-refractivity contribution is 5.79. The quantitative estimate of drug-likeness (QED) is 0.806. The normalized spacial score (nSPS) is 15.7. The van der Waals surface area contributed by atoms with E-state index in [1.165, 1.54) is 11.8 Å². The number of nitrogens with zero attached hydrogens (tertiary/aromatic N) is 3. The van der Waals surface area contributed by atoms with Crippen LogP contribution in [0.1, 0.15) is 5.56 Å². The molecule has 0 spiro atoms. The number of halogens is 1. The molecular formula is C17H18FN3. The molecule has 0 aliphatic carbocycles. The third kappa shape index (κ3) is 3.40. The molecule has 108 valence electrons. The molecule has 4 heteroatoms. The summed E-state index contributed by atoms with van der Waals surface area (Å²) in [5.74, 6) is -0.232. The average Bonchev–Trinajstić information content (AvgIpc) is 2.55. The molecule has 3 nitrogen and oxygen atoms in total. The highest BCUT2D eigenvalue weighted by Gasteiger charge is 2.15. The molecular weight excluding hydrogens is 265 g/mol. The first-order valence-corrected chi connectivity index (χ1v) is 7.16. The minimum absolute atomic E-state index is 0.232. The van der Waals surface area contributed by atoms with Gasteiger partial charge in [-0.2, -0.15) is 5.10 Å². The number of hydrogen-bond donors (Lipinski definition) is 0. The van der Waals surface area contributed by atoms with Gasteiger partial charge in [-0.3, -0.25) is 5.01 Å². The van der Waals surface area contributed by atoms with E-state index in [-0.39, 0.29) is 5.82 Å². The van der Waals surface area contributed by atoms with Crippen LogP contribution in [0, 0.1) is 5.82 Å². The number of benzene rings is 2. The largest absolute Gasteiger partial charge is 0.368 e. The molecule has 1 heterocycles. The van der Waals surface area contributed by atoms with Crippen LogP contribution in [0.25, 0.3) is 0 Å². The zero-order chi connectivity index (χ0) is 14.5. The summed E-state index contributed by atoms with van der Waals surface area (Å²) < 4.78 is 13.5. The third-order valence-corrected chi connectivity index (χ3v) is 3.64. The lowest BCUT2D eigenvalue weighted by Gasteiger charge is -2.34. The van der Waals surface area contributed by atoms with Gasteiger partial charge in [0.05, 0.1) is 19.3 Å². The Morgan fingerprint density at radius 1 is 0.857 bits per heavy atom. The van der Waals surface area contributed by atoms with Crippen LogP contribution >= 0.6 is 0 Å². The van der Waals surface area contributed by atoms with Crippen LogP contribution in [0.15, 0.2) is 59.7 Å². The van der Waals surface area contributed by atoms with Crippen molar-refractivity contribution in [3.05, 3.63) is 66.0 Å². The van der Waals surface area contributed by atoms with E-state index in [1.54, 1.807) is 18.3 Å². The van der Waals surface area contributed by atoms with E-state index < -0.39 is 0 Å². The van der Waals surface area contributed by atoms with E-state index in [1.807, 2.05) is 17.1 Å². The lowest BCUT2D eigenvalue weighted by Crippen LogP contribution is -2.44. The maximum absolute atomic E-state index is 13.5. The molecule has 0 N–H and O–H groups in total. The minimum atomic E-state index is -0.232. The van der Waals surface area contributed by atoms with Crippen molar-refractivity contribution in [3.8, 4) is 0 Å². The Hall–Kier alpha value is -2.36. The van der Waals surface area contributed by atoms with Crippen LogP contribution in [0.5, 0.6) is 0 Å². The summed E-state index contributed by atoms with van der Waals surface area (Å²) in [7, 11) is 0. The van der Waals surface area contributed by atoms with Crippen LogP contribution in [0.4, 0.5) is 10.1 Å². The second-order valence-corrected chi connectivity index (χ2v) is 5.04. The van der Waals surface area contributed by atoms with Crippen molar-refractivity contribution >= 4 is 11.9 Å². The molecule has 1 fully saturated rings. The first-order valence-electron chi connectivity index (χ1n) is 7.16. The zero-order valence-electron chi connectivity index (χ0n) is 11.8. The molecule has 0 unspecified atom stereocenters. The Bertz CT molecular complexity index is 604. The molecule has 0 amide bonds. The Labute approximate surface area is 124 Å². The maximum Gasteiger partial charge on any atom is 0.132 e. The van der Waals surface area contributed by atoms with Crippen molar-refractivity contribution < 1.29 is 4.39 Å². The standard InChI is InChI=1S/C17H18FN3/c18-17-9-5-4-6-15(17)14-19-21-12-10-20(11-13-21)16-7-2-1-3-8-16/h1-9,14H,10-13H2.